The van der Waals surface area contributed by atoms with Crippen LogP contribution in [0.25, 0.3) is 0 Å². The lowest BCUT2D eigenvalue weighted by molar-refractivity contribution is -0.142. The molecule has 3 unspecified atom stereocenters. The van der Waals surface area contributed by atoms with Gasteiger partial charge in [0, 0.05) is 0 Å². The van der Waals surface area contributed by atoms with Gasteiger partial charge in [0.15, 0.2) is 0 Å². The third-order valence-electron chi connectivity index (χ3n) is 2.50. The number of carboxylic acids is 1. The van der Waals surface area contributed by atoms with E-state index >= 15 is 0 Å². The van der Waals surface area contributed by atoms with Gasteiger partial charge in [-0.1, -0.05) is 0 Å². The fraction of sp³-hybridized carbons (Fsp3) is 0.636. The zero-order valence-electron chi connectivity index (χ0n) is 11.8. The second kappa shape index (κ2) is 8.87. The van der Waals surface area contributed by atoms with Crippen LogP contribution in [0, 0.1) is 0 Å². The number of amides is 3. The zero-order chi connectivity index (χ0) is 16.6. The van der Waals surface area contributed by atoms with Crippen molar-refractivity contribution in [2.24, 2.45) is 5.73 Å². The lowest BCUT2D eigenvalue weighted by atomic mass is 10.2. The van der Waals surface area contributed by atoms with Gasteiger partial charge in [-0.3, -0.25) is 19.2 Å². The van der Waals surface area contributed by atoms with Crippen LogP contribution in [-0.2, 0) is 19.2 Å². The highest BCUT2D eigenvalue weighted by Gasteiger charge is 2.25. The van der Waals surface area contributed by atoms with E-state index in [9.17, 15) is 19.2 Å². The van der Waals surface area contributed by atoms with Gasteiger partial charge in [0.05, 0.1) is 13.2 Å². The molecule has 7 N–H and O–H groups in total. The molecule has 0 bridgehead atoms. The first kappa shape index (κ1) is 18.8. The normalized spacial score (nSPS) is 14.5. The van der Waals surface area contributed by atoms with Crippen molar-refractivity contribution in [3.63, 3.8) is 0 Å². The zero-order valence-corrected chi connectivity index (χ0v) is 11.8. The van der Waals surface area contributed by atoms with E-state index in [1.165, 1.54) is 13.8 Å². The minimum absolute atomic E-state index is 0.294. The number of carboxylic acid groups (broad SMARTS) is 1. The van der Waals surface area contributed by atoms with Gasteiger partial charge >= 0.3 is 5.97 Å². The summed E-state index contributed by atoms with van der Waals surface area (Å²) < 4.78 is 0. The molecule has 3 amide bonds. The summed E-state index contributed by atoms with van der Waals surface area (Å²) in [4.78, 5) is 45.0. The largest absolute Gasteiger partial charge is 0.480 e. The van der Waals surface area contributed by atoms with Crippen molar-refractivity contribution in [1.29, 1.82) is 0 Å². The predicted molar refractivity (Wildman–Crippen MR) is 70.9 cm³/mol. The van der Waals surface area contributed by atoms with Crippen molar-refractivity contribution in [1.82, 2.24) is 16.0 Å². The van der Waals surface area contributed by atoms with Crippen LogP contribution in [0.3, 0.4) is 0 Å². The van der Waals surface area contributed by atoms with Crippen LogP contribution in [0.1, 0.15) is 13.8 Å². The molecule has 0 aliphatic rings. The Morgan fingerprint density at radius 3 is 2.00 bits per heavy atom. The number of carbonyl (C=O) groups is 4. The molecule has 10 heteroatoms. The fourth-order valence-corrected chi connectivity index (χ4v) is 1.23. The summed E-state index contributed by atoms with van der Waals surface area (Å²) in [6.07, 6.45) is 0. The average Bonchev–Trinajstić information content (AvgIpc) is 2.43. The van der Waals surface area contributed by atoms with Crippen molar-refractivity contribution in [3.05, 3.63) is 0 Å². The van der Waals surface area contributed by atoms with E-state index in [-0.39, 0.29) is 6.54 Å². The first-order valence-corrected chi connectivity index (χ1v) is 6.16. The summed E-state index contributed by atoms with van der Waals surface area (Å²) in [6, 6.07) is -3.45. The fourth-order valence-electron chi connectivity index (χ4n) is 1.23. The quantitative estimate of drug-likeness (QED) is 0.270. The number of nitrogens with one attached hydrogen (secondary N) is 3. The van der Waals surface area contributed by atoms with E-state index < -0.39 is 48.4 Å². The van der Waals surface area contributed by atoms with Crippen LogP contribution in [0.4, 0.5) is 0 Å². The summed E-state index contributed by atoms with van der Waals surface area (Å²) in [5, 5.41) is 24.3. The van der Waals surface area contributed by atoms with Gasteiger partial charge < -0.3 is 31.9 Å². The van der Waals surface area contributed by atoms with Gasteiger partial charge in [-0.15, -0.1) is 0 Å². The maximum absolute atomic E-state index is 11.7. The maximum Gasteiger partial charge on any atom is 0.325 e. The molecule has 0 aromatic rings. The Morgan fingerprint density at radius 2 is 1.57 bits per heavy atom. The van der Waals surface area contributed by atoms with Gasteiger partial charge in [-0.25, -0.2) is 0 Å². The Hall–Kier alpha value is -2.20. The molecule has 0 saturated carbocycles. The first-order valence-electron chi connectivity index (χ1n) is 6.16. The highest BCUT2D eigenvalue weighted by molar-refractivity contribution is 5.93. The van der Waals surface area contributed by atoms with E-state index in [0.717, 1.165) is 0 Å². The van der Waals surface area contributed by atoms with Crippen LogP contribution < -0.4 is 21.7 Å². The van der Waals surface area contributed by atoms with E-state index in [2.05, 4.69) is 16.0 Å². The third kappa shape index (κ3) is 6.68. The third-order valence-corrected chi connectivity index (χ3v) is 2.50. The SMILES string of the molecule is CC(NC(=O)C(CO)NC(=O)C(C)NC(=O)CN)C(=O)O. The van der Waals surface area contributed by atoms with Crippen molar-refractivity contribution >= 4 is 23.7 Å². The number of carbonyl (C=O) groups excluding carboxylic acids is 3. The van der Waals surface area contributed by atoms with Gasteiger partial charge in [0.2, 0.25) is 17.7 Å². The Bertz CT molecular complexity index is 414. The highest BCUT2D eigenvalue weighted by atomic mass is 16.4. The molecule has 0 heterocycles. The second-order valence-electron chi connectivity index (χ2n) is 4.31. The van der Waals surface area contributed by atoms with Crippen LogP contribution in [0.5, 0.6) is 0 Å². The van der Waals surface area contributed by atoms with E-state index in [4.69, 9.17) is 15.9 Å². The van der Waals surface area contributed by atoms with Gasteiger partial charge in [-0.05, 0) is 13.8 Å². The molecule has 0 aromatic carbocycles. The molecule has 0 aliphatic carbocycles. The second-order valence-corrected chi connectivity index (χ2v) is 4.31. The van der Waals surface area contributed by atoms with Crippen LogP contribution in [-0.4, -0.2) is 65.2 Å². The Morgan fingerprint density at radius 1 is 1.00 bits per heavy atom. The number of nitrogens with two attached hydrogens (primary N) is 1. The lowest BCUT2D eigenvalue weighted by Gasteiger charge is -2.20. The van der Waals surface area contributed by atoms with Crippen LogP contribution in [0.2, 0.25) is 0 Å². The summed E-state index contributed by atoms with van der Waals surface area (Å²) in [7, 11) is 0. The summed E-state index contributed by atoms with van der Waals surface area (Å²) in [5.74, 6) is -3.37. The molecule has 0 spiro atoms. The number of aliphatic hydroxyl groups is 1. The molecule has 0 radical (unpaired) electrons. The minimum Gasteiger partial charge on any atom is -0.480 e. The van der Waals surface area contributed by atoms with Gasteiger partial charge in [-0.2, -0.15) is 0 Å². The Balaban J connectivity index is 4.54. The van der Waals surface area contributed by atoms with Gasteiger partial charge in [0.1, 0.15) is 18.1 Å². The van der Waals surface area contributed by atoms with Crippen molar-refractivity contribution in [3.8, 4) is 0 Å². The molecule has 0 aliphatic heterocycles. The molecule has 120 valence electrons. The lowest BCUT2D eigenvalue weighted by Crippen LogP contribution is -2.56. The molecular formula is C11H20N4O6. The summed E-state index contributed by atoms with van der Waals surface area (Å²) >= 11 is 0. The minimum atomic E-state index is -1.32. The smallest absolute Gasteiger partial charge is 0.325 e. The molecular weight excluding hydrogens is 284 g/mol. The van der Waals surface area contributed by atoms with E-state index in [0.29, 0.717) is 0 Å². The topological polar surface area (TPSA) is 171 Å². The van der Waals surface area contributed by atoms with Crippen molar-refractivity contribution in [2.45, 2.75) is 32.0 Å². The van der Waals surface area contributed by atoms with Crippen LogP contribution >= 0.6 is 0 Å². The molecule has 3 atom stereocenters. The number of hydrogen-bond donors (Lipinski definition) is 6. The van der Waals surface area contributed by atoms with Crippen molar-refractivity contribution in [2.75, 3.05) is 13.2 Å². The number of hydrogen-bond acceptors (Lipinski definition) is 6. The molecule has 0 aromatic heterocycles. The average molecular weight is 304 g/mol. The molecule has 21 heavy (non-hydrogen) atoms. The highest BCUT2D eigenvalue weighted by Crippen LogP contribution is 1.90. The Kier molecular flexibility index (Phi) is 7.94. The van der Waals surface area contributed by atoms with E-state index in [1.54, 1.807) is 0 Å². The predicted octanol–water partition coefficient (Wildman–Crippen LogP) is -3.48. The molecule has 0 saturated heterocycles. The number of rotatable bonds is 8. The summed E-state index contributed by atoms with van der Waals surface area (Å²) in [5.41, 5.74) is 5.08. The Labute approximate surface area is 121 Å². The number of aliphatic carboxylic acids is 1. The van der Waals surface area contributed by atoms with E-state index in [1.807, 2.05) is 0 Å². The molecule has 10 nitrogen and oxygen atoms in total. The van der Waals surface area contributed by atoms with Crippen LogP contribution in [0.15, 0.2) is 0 Å². The molecule has 0 rings (SSSR count). The maximum atomic E-state index is 11.7. The summed E-state index contributed by atoms with van der Waals surface area (Å²) in [6.45, 7) is 1.59. The van der Waals surface area contributed by atoms with Gasteiger partial charge in [0.25, 0.3) is 0 Å². The first-order chi connectivity index (χ1) is 9.72. The molecule has 0 fully saturated rings. The van der Waals surface area contributed by atoms with Crippen molar-refractivity contribution < 1.29 is 29.4 Å². The monoisotopic (exact) mass is 304 g/mol. The number of aliphatic hydroxyl groups excluding tert-OH is 1. The standard InChI is InChI=1S/C11H20N4O6/c1-5(13-8(17)3-12)9(18)15-7(4-16)10(19)14-6(2)11(20)21/h5-7,16H,3-4,12H2,1-2H3,(H,13,17)(H,14,19)(H,15,18)(H,20,21).